The summed E-state index contributed by atoms with van der Waals surface area (Å²) in [6.07, 6.45) is 1.26. The predicted molar refractivity (Wildman–Crippen MR) is 107 cm³/mol. The number of nitrogens with zero attached hydrogens (tertiary/aromatic N) is 1. The molecule has 27 heavy (non-hydrogen) atoms. The molecule has 0 aliphatic carbocycles. The summed E-state index contributed by atoms with van der Waals surface area (Å²) in [5.74, 6) is 0.825. The normalized spacial score (nSPS) is 10.4. The SMILES string of the molecule is CC(C)C(=O)Nc1ccc(CNCc2cccc(OCCCC#N)c2)cc1. The van der Waals surface area contributed by atoms with Gasteiger partial charge in [-0.05, 0) is 41.8 Å². The van der Waals surface area contributed by atoms with E-state index in [4.69, 9.17) is 10.00 Å². The quantitative estimate of drug-likeness (QED) is 0.617. The maximum Gasteiger partial charge on any atom is 0.226 e. The second-order valence-corrected chi connectivity index (χ2v) is 6.70. The summed E-state index contributed by atoms with van der Waals surface area (Å²) in [6.45, 7) is 5.79. The van der Waals surface area contributed by atoms with Crippen LogP contribution in [0.3, 0.4) is 0 Å². The molecule has 0 aromatic heterocycles. The Balaban J connectivity index is 1.77. The number of rotatable bonds is 10. The first-order valence-corrected chi connectivity index (χ1v) is 9.27. The Labute approximate surface area is 161 Å². The first-order valence-electron chi connectivity index (χ1n) is 9.27. The average Bonchev–Trinajstić information content (AvgIpc) is 2.67. The van der Waals surface area contributed by atoms with E-state index in [1.165, 1.54) is 0 Å². The lowest BCUT2D eigenvalue weighted by Crippen LogP contribution is -2.17. The van der Waals surface area contributed by atoms with Crippen molar-refractivity contribution in [3.05, 3.63) is 59.7 Å². The minimum absolute atomic E-state index is 0.0237. The number of carbonyl (C=O) groups is 1. The van der Waals surface area contributed by atoms with Gasteiger partial charge in [0.2, 0.25) is 5.91 Å². The monoisotopic (exact) mass is 365 g/mol. The molecule has 0 saturated carbocycles. The van der Waals surface area contributed by atoms with Crippen LogP contribution in [0.5, 0.6) is 5.75 Å². The second kappa shape index (κ2) is 11.0. The van der Waals surface area contributed by atoms with E-state index in [1.807, 2.05) is 56.3 Å². The number of hydrogen-bond donors (Lipinski definition) is 2. The van der Waals surface area contributed by atoms with Gasteiger partial charge in [-0.2, -0.15) is 5.26 Å². The summed E-state index contributed by atoms with van der Waals surface area (Å²) in [6, 6.07) is 18.0. The minimum Gasteiger partial charge on any atom is -0.494 e. The Bertz CT molecular complexity index is 764. The summed E-state index contributed by atoms with van der Waals surface area (Å²) in [5.41, 5.74) is 3.12. The molecular formula is C22H27N3O2. The van der Waals surface area contributed by atoms with Gasteiger partial charge in [-0.3, -0.25) is 4.79 Å². The van der Waals surface area contributed by atoms with E-state index >= 15 is 0 Å². The third-order valence-electron chi connectivity index (χ3n) is 4.00. The van der Waals surface area contributed by atoms with Crippen LogP contribution in [0.15, 0.2) is 48.5 Å². The van der Waals surface area contributed by atoms with Gasteiger partial charge in [0.25, 0.3) is 0 Å². The van der Waals surface area contributed by atoms with Gasteiger partial charge in [-0.25, -0.2) is 0 Å². The van der Waals surface area contributed by atoms with Crippen LogP contribution < -0.4 is 15.4 Å². The molecular weight excluding hydrogens is 338 g/mol. The zero-order chi connectivity index (χ0) is 19.5. The Hall–Kier alpha value is -2.84. The number of anilines is 1. The molecule has 1 amide bonds. The first kappa shape index (κ1) is 20.5. The summed E-state index contributed by atoms with van der Waals surface area (Å²) in [4.78, 5) is 11.7. The Morgan fingerprint density at radius 1 is 1.11 bits per heavy atom. The van der Waals surface area contributed by atoms with Crippen molar-refractivity contribution in [1.29, 1.82) is 5.26 Å². The average molecular weight is 365 g/mol. The van der Waals surface area contributed by atoms with Crippen LogP contribution in [-0.4, -0.2) is 12.5 Å². The zero-order valence-corrected chi connectivity index (χ0v) is 16.0. The maximum atomic E-state index is 11.7. The molecule has 5 heteroatoms. The lowest BCUT2D eigenvalue weighted by Gasteiger charge is -2.10. The van der Waals surface area contributed by atoms with E-state index in [2.05, 4.69) is 22.8 Å². The Morgan fingerprint density at radius 3 is 2.56 bits per heavy atom. The number of carbonyl (C=O) groups excluding carboxylic acids is 1. The molecule has 0 saturated heterocycles. The molecule has 0 bridgehead atoms. The van der Waals surface area contributed by atoms with Crippen LogP contribution >= 0.6 is 0 Å². The van der Waals surface area contributed by atoms with Gasteiger partial charge < -0.3 is 15.4 Å². The summed E-state index contributed by atoms with van der Waals surface area (Å²) in [7, 11) is 0. The van der Waals surface area contributed by atoms with E-state index < -0.39 is 0 Å². The van der Waals surface area contributed by atoms with E-state index in [0.717, 1.165) is 42.1 Å². The van der Waals surface area contributed by atoms with Crippen LogP contribution in [0.25, 0.3) is 0 Å². The lowest BCUT2D eigenvalue weighted by atomic mass is 10.1. The molecule has 0 atom stereocenters. The van der Waals surface area contributed by atoms with Gasteiger partial charge in [0.05, 0.1) is 12.7 Å². The molecule has 0 aliphatic heterocycles. The molecule has 2 aromatic rings. The second-order valence-electron chi connectivity index (χ2n) is 6.70. The van der Waals surface area contributed by atoms with E-state index in [9.17, 15) is 4.79 Å². The summed E-state index contributed by atoms with van der Waals surface area (Å²) in [5, 5.41) is 14.8. The molecule has 0 unspecified atom stereocenters. The van der Waals surface area contributed by atoms with Gasteiger partial charge in [0, 0.05) is 31.1 Å². The number of nitriles is 1. The zero-order valence-electron chi connectivity index (χ0n) is 16.0. The Morgan fingerprint density at radius 2 is 1.85 bits per heavy atom. The third-order valence-corrected chi connectivity index (χ3v) is 4.00. The summed E-state index contributed by atoms with van der Waals surface area (Å²) >= 11 is 0. The third kappa shape index (κ3) is 7.51. The molecule has 2 aromatic carbocycles. The largest absolute Gasteiger partial charge is 0.494 e. The molecule has 2 rings (SSSR count). The lowest BCUT2D eigenvalue weighted by molar-refractivity contribution is -0.118. The topological polar surface area (TPSA) is 74.2 Å². The molecule has 0 spiro atoms. The van der Waals surface area contributed by atoms with Crippen LogP contribution in [0.2, 0.25) is 0 Å². The fourth-order valence-electron chi connectivity index (χ4n) is 2.43. The number of ether oxygens (including phenoxy) is 1. The fourth-order valence-corrected chi connectivity index (χ4v) is 2.43. The van der Waals surface area contributed by atoms with Crippen LogP contribution in [0.1, 0.15) is 37.8 Å². The first-order chi connectivity index (χ1) is 13.1. The standard InChI is InChI=1S/C22H27N3O2/c1-17(2)22(26)25-20-10-8-18(9-11-20)15-24-16-19-6-5-7-21(14-19)27-13-4-3-12-23/h5-11,14,17,24H,3-4,13,15-16H2,1-2H3,(H,25,26). The van der Waals surface area contributed by atoms with E-state index in [0.29, 0.717) is 13.0 Å². The number of benzene rings is 2. The van der Waals surface area contributed by atoms with Crippen molar-refractivity contribution < 1.29 is 9.53 Å². The highest BCUT2D eigenvalue weighted by atomic mass is 16.5. The molecule has 0 heterocycles. The maximum absolute atomic E-state index is 11.7. The highest BCUT2D eigenvalue weighted by Gasteiger charge is 2.06. The van der Waals surface area contributed by atoms with Crippen LogP contribution in [0.4, 0.5) is 5.69 Å². The van der Waals surface area contributed by atoms with Crippen LogP contribution in [-0.2, 0) is 17.9 Å². The molecule has 2 N–H and O–H groups in total. The highest BCUT2D eigenvalue weighted by Crippen LogP contribution is 2.14. The van der Waals surface area contributed by atoms with Crippen LogP contribution in [0, 0.1) is 17.2 Å². The smallest absolute Gasteiger partial charge is 0.226 e. The van der Waals surface area contributed by atoms with E-state index in [1.54, 1.807) is 0 Å². The number of unbranched alkanes of at least 4 members (excludes halogenated alkanes) is 1. The number of hydrogen-bond acceptors (Lipinski definition) is 4. The highest BCUT2D eigenvalue weighted by molar-refractivity contribution is 5.92. The summed E-state index contributed by atoms with van der Waals surface area (Å²) < 4.78 is 5.66. The van der Waals surface area contributed by atoms with Gasteiger partial charge in [0.15, 0.2) is 0 Å². The molecule has 5 nitrogen and oxygen atoms in total. The van der Waals surface area contributed by atoms with Crippen molar-refractivity contribution >= 4 is 11.6 Å². The molecule has 0 fully saturated rings. The van der Waals surface area contributed by atoms with Crippen molar-refractivity contribution in [3.63, 3.8) is 0 Å². The van der Waals surface area contributed by atoms with Crippen molar-refractivity contribution in [2.75, 3.05) is 11.9 Å². The molecule has 0 aliphatic rings. The van der Waals surface area contributed by atoms with E-state index in [-0.39, 0.29) is 11.8 Å². The van der Waals surface area contributed by atoms with Gasteiger partial charge in [-0.1, -0.05) is 38.1 Å². The van der Waals surface area contributed by atoms with Gasteiger partial charge in [-0.15, -0.1) is 0 Å². The molecule has 142 valence electrons. The van der Waals surface area contributed by atoms with Gasteiger partial charge >= 0.3 is 0 Å². The fraction of sp³-hybridized carbons (Fsp3) is 0.364. The number of amides is 1. The van der Waals surface area contributed by atoms with Crippen molar-refractivity contribution in [1.82, 2.24) is 5.32 Å². The van der Waals surface area contributed by atoms with Crippen molar-refractivity contribution in [2.24, 2.45) is 5.92 Å². The van der Waals surface area contributed by atoms with Gasteiger partial charge in [0.1, 0.15) is 5.75 Å². The Kier molecular flexibility index (Phi) is 8.34. The number of nitrogens with one attached hydrogen (secondary N) is 2. The van der Waals surface area contributed by atoms with Crippen molar-refractivity contribution in [3.8, 4) is 11.8 Å². The minimum atomic E-state index is -0.0302. The predicted octanol–water partition coefficient (Wildman–Crippen LogP) is 4.25. The van der Waals surface area contributed by atoms with Crippen molar-refractivity contribution in [2.45, 2.75) is 39.8 Å². The molecule has 0 radical (unpaired) electrons.